The van der Waals surface area contributed by atoms with E-state index >= 15 is 0 Å². The number of aliphatic hydroxyl groups excluding tert-OH is 1. The van der Waals surface area contributed by atoms with Gasteiger partial charge >= 0.3 is 0 Å². The maximum absolute atomic E-state index is 13.8. The van der Waals surface area contributed by atoms with Gasteiger partial charge in [0.25, 0.3) is 0 Å². The van der Waals surface area contributed by atoms with E-state index in [1.54, 1.807) is 29.2 Å². The van der Waals surface area contributed by atoms with E-state index in [0.29, 0.717) is 56.8 Å². The predicted molar refractivity (Wildman–Crippen MR) is 140 cm³/mol. The number of ether oxygens (including phenoxy) is 2. The molecule has 9 nitrogen and oxygen atoms in total. The zero-order valence-corrected chi connectivity index (χ0v) is 21.6. The Bertz CT molecular complexity index is 1160. The molecule has 3 heterocycles. The first-order valence-corrected chi connectivity index (χ1v) is 13.4. The third kappa shape index (κ3) is 4.76. The predicted octanol–water partition coefficient (Wildman–Crippen LogP) is 2.49. The van der Waals surface area contributed by atoms with Crippen molar-refractivity contribution in [2.75, 3.05) is 25.1 Å². The molecule has 1 spiro atoms. The molecule has 0 radical (unpaired) electrons. The first-order chi connectivity index (χ1) is 18.5. The summed E-state index contributed by atoms with van der Waals surface area (Å²) in [7, 11) is 0. The van der Waals surface area contributed by atoms with Gasteiger partial charge in [-0.3, -0.25) is 14.4 Å². The fourth-order valence-electron chi connectivity index (χ4n) is 6.30. The summed E-state index contributed by atoms with van der Waals surface area (Å²) in [6.07, 6.45) is 1.81. The fourth-order valence-corrected chi connectivity index (χ4v) is 6.30. The fraction of sp³-hybridized carbons (Fsp3) is 0.483. The van der Waals surface area contributed by atoms with Gasteiger partial charge in [-0.05, 0) is 62.4 Å². The van der Waals surface area contributed by atoms with Gasteiger partial charge in [0.2, 0.25) is 17.7 Å². The van der Waals surface area contributed by atoms with Gasteiger partial charge in [-0.1, -0.05) is 30.3 Å². The van der Waals surface area contributed by atoms with Crippen molar-refractivity contribution in [3.63, 3.8) is 0 Å². The number of carbonyl (C=O) groups is 3. The van der Waals surface area contributed by atoms with Crippen molar-refractivity contribution in [1.29, 1.82) is 0 Å². The molecular formula is C29H35N3O6. The molecule has 9 heteroatoms. The summed E-state index contributed by atoms with van der Waals surface area (Å²) in [5.74, 6) is -1.49. The second kappa shape index (κ2) is 11.1. The number of hydrogen-bond acceptors (Lipinski definition) is 6. The van der Waals surface area contributed by atoms with Gasteiger partial charge in [-0.15, -0.1) is 0 Å². The molecule has 3 N–H and O–H groups in total. The molecule has 2 aromatic carbocycles. The monoisotopic (exact) mass is 521 g/mol. The minimum absolute atomic E-state index is 0.00711. The zero-order valence-electron chi connectivity index (χ0n) is 21.6. The van der Waals surface area contributed by atoms with Crippen LogP contribution in [-0.4, -0.2) is 65.2 Å². The second-order valence-electron chi connectivity index (χ2n) is 10.2. The number of aliphatic hydroxyl groups is 1. The Labute approximate surface area is 222 Å². The number of nitrogens with one attached hydrogen (secondary N) is 2. The van der Waals surface area contributed by atoms with Crippen molar-refractivity contribution in [2.45, 2.75) is 56.9 Å². The summed E-state index contributed by atoms with van der Waals surface area (Å²) >= 11 is 0. The average molecular weight is 522 g/mol. The highest BCUT2D eigenvalue weighted by Gasteiger charge is 2.74. The number of hydrogen-bond donors (Lipinski definition) is 3. The molecule has 2 bridgehead atoms. The molecule has 0 aliphatic carbocycles. The lowest BCUT2D eigenvalue weighted by Crippen LogP contribution is -2.55. The molecule has 3 amide bonds. The summed E-state index contributed by atoms with van der Waals surface area (Å²) in [4.78, 5) is 42.6. The van der Waals surface area contributed by atoms with E-state index in [2.05, 4.69) is 10.6 Å². The van der Waals surface area contributed by atoms with Crippen LogP contribution in [0.25, 0.3) is 0 Å². The van der Waals surface area contributed by atoms with Crippen LogP contribution in [0.4, 0.5) is 5.69 Å². The molecule has 3 aliphatic rings. The minimum Gasteiger partial charge on any atom is -0.494 e. The number of carbonyl (C=O) groups excluding carboxylic acids is 3. The van der Waals surface area contributed by atoms with E-state index in [-0.39, 0.29) is 24.3 Å². The van der Waals surface area contributed by atoms with E-state index in [0.717, 1.165) is 5.56 Å². The number of amides is 3. The van der Waals surface area contributed by atoms with Crippen molar-refractivity contribution in [2.24, 2.45) is 11.8 Å². The molecular weight excluding hydrogens is 486 g/mol. The Morgan fingerprint density at radius 2 is 1.87 bits per heavy atom. The van der Waals surface area contributed by atoms with Crippen LogP contribution in [0.1, 0.15) is 38.2 Å². The third-order valence-corrected chi connectivity index (χ3v) is 7.90. The van der Waals surface area contributed by atoms with Crippen molar-refractivity contribution in [3.8, 4) is 5.75 Å². The first-order valence-electron chi connectivity index (χ1n) is 13.4. The largest absolute Gasteiger partial charge is 0.494 e. The Morgan fingerprint density at radius 3 is 2.58 bits per heavy atom. The molecule has 0 aromatic heterocycles. The van der Waals surface area contributed by atoms with Gasteiger partial charge in [-0.25, -0.2) is 0 Å². The van der Waals surface area contributed by atoms with Gasteiger partial charge in [0, 0.05) is 25.4 Å². The van der Waals surface area contributed by atoms with Crippen LogP contribution in [0.5, 0.6) is 5.75 Å². The molecule has 3 aliphatic heterocycles. The number of likely N-dealkylation sites (tertiary alicyclic amines) is 1. The zero-order chi connectivity index (χ0) is 26.7. The Hall–Kier alpha value is -3.43. The smallest absolute Gasteiger partial charge is 0.246 e. The van der Waals surface area contributed by atoms with Gasteiger partial charge in [0.1, 0.15) is 17.4 Å². The average Bonchev–Trinajstić information content (AvgIpc) is 3.57. The molecule has 202 valence electrons. The van der Waals surface area contributed by atoms with Crippen molar-refractivity contribution in [1.82, 2.24) is 10.2 Å². The summed E-state index contributed by atoms with van der Waals surface area (Å²) in [5.41, 5.74) is 0.524. The molecule has 5 atom stereocenters. The van der Waals surface area contributed by atoms with E-state index in [9.17, 15) is 19.5 Å². The van der Waals surface area contributed by atoms with Crippen LogP contribution < -0.4 is 15.4 Å². The van der Waals surface area contributed by atoms with E-state index in [4.69, 9.17) is 9.47 Å². The summed E-state index contributed by atoms with van der Waals surface area (Å²) in [5, 5.41) is 15.2. The van der Waals surface area contributed by atoms with E-state index in [1.807, 2.05) is 37.3 Å². The maximum atomic E-state index is 13.8. The number of nitrogens with zero attached hydrogens (tertiary/aromatic N) is 1. The molecule has 2 unspecified atom stereocenters. The van der Waals surface area contributed by atoms with Crippen LogP contribution in [0.3, 0.4) is 0 Å². The molecule has 3 fully saturated rings. The maximum Gasteiger partial charge on any atom is 0.246 e. The van der Waals surface area contributed by atoms with Gasteiger partial charge in [0.05, 0.1) is 24.5 Å². The molecule has 0 saturated carbocycles. The lowest BCUT2D eigenvalue weighted by molar-refractivity contribution is -0.141. The minimum atomic E-state index is -1.04. The number of anilines is 1. The van der Waals surface area contributed by atoms with Crippen molar-refractivity contribution in [3.05, 3.63) is 60.2 Å². The van der Waals surface area contributed by atoms with Crippen LogP contribution in [0, 0.1) is 11.8 Å². The van der Waals surface area contributed by atoms with Crippen LogP contribution in [0.15, 0.2) is 54.6 Å². The Kier molecular flexibility index (Phi) is 7.67. The summed E-state index contributed by atoms with van der Waals surface area (Å²) in [6, 6.07) is 15.9. The standard InChI is InChI=1S/C29H35N3O6/c1-2-37-21-12-10-20(11-13-21)31-26(34)23-22-14-15-29(38-22)24(23)28(36)32(16-6-7-17-33)25(29)27(35)30-18-19-8-4-3-5-9-19/h3-5,8-13,22-25,33H,2,6-7,14-18H2,1H3,(H,30,35)(H,31,34)/t22-,23+,24-,25?,29?/m0/s1. The van der Waals surface area contributed by atoms with E-state index < -0.39 is 29.6 Å². The molecule has 38 heavy (non-hydrogen) atoms. The number of unbranched alkanes of at least 4 members (excludes halogenated alkanes) is 1. The highest BCUT2D eigenvalue weighted by molar-refractivity contribution is 6.02. The van der Waals surface area contributed by atoms with Crippen LogP contribution in [0.2, 0.25) is 0 Å². The Morgan fingerprint density at radius 1 is 1.11 bits per heavy atom. The summed E-state index contributed by atoms with van der Waals surface area (Å²) in [6.45, 7) is 3.12. The summed E-state index contributed by atoms with van der Waals surface area (Å²) < 4.78 is 11.9. The molecule has 5 rings (SSSR count). The Balaban J connectivity index is 1.37. The van der Waals surface area contributed by atoms with E-state index in [1.165, 1.54) is 0 Å². The topological polar surface area (TPSA) is 117 Å². The first kappa shape index (κ1) is 26.2. The highest BCUT2D eigenvalue weighted by atomic mass is 16.5. The number of fused-ring (bicyclic) bond motifs is 1. The second-order valence-corrected chi connectivity index (χ2v) is 10.2. The van der Waals surface area contributed by atoms with Crippen LogP contribution >= 0.6 is 0 Å². The molecule has 2 aromatic rings. The SMILES string of the molecule is CCOc1ccc(NC(=O)[C@@H]2[C@@H]3CCC4(O3)C(C(=O)NCc3ccccc3)N(CCCCO)C(=O)[C@H]24)cc1. The lowest BCUT2D eigenvalue weighted by Gasteiger charge is -2.33. The van der Waals surface area contributed by atoms with Gasteiger partial charge < -0.3 is 30.1 Å². The normalized spacial score (nSPS) is 27.3. The van der Waals surface area contributed by atoms with Gasteiger partial charge in [-0.2, -0.15) is 0 Å². The quantitative estimate of drug-likeness (QED) is 0.391. The van der Waals surface area contributed by atoms with Gasteiger partial charge in [0.15, 0.2) is 0 Å². The highest BCUT2D eigenvalue weighted by Crippen LogP contribution is 2.58. The van der Waals surface area contributed by atoms with Crippen LogP contribution in [-0.2, 0) is 25.7 Å². The number of benzene rings is 2. The van der Waals surface area contributed by atoms with Crippen molar-refractivity contribution < 1.29 is 29.0 Å². The third-order valence-electron chi connectivity index (χ3n) is 7.90. The lowest BCUT2D eigenvalue weighted by atomic mass is 9.70. The van der Waals surface area contributed by atoms with Crippen molar-refractivity contribution >= 4 is 23.4 Å². The number of rotatable bonds is 11. The molecule has 3 saturated heterocycles.